The molecule has 0 aliphatic heterocycles. The lowest BCUT2D eigenvalue weighted by Crippen LogP contribution is -2.28. The van der Waals surface area contributed by atoms with E-state index in [0.29, 0.717) is 11.8 Å². The number of hydrogen-bond donors (Lipinski definition) is 1. The monoisotopic (exact) mass is 154 g/mol. The maximum absolute atomic E-state index is 9.65. The molecule has 0 saturated heterocycles. The van der Waals surface area contributed by atoms with E-state index < -0.39 is 0 Å². The summed E-state index contributed by atoms with van der Waals surface area (Å²) in [5.41, 5.74) is 1.14. The minimum Gasteiger partial charge on any atom is -0.392 e. The van der Waals surface area contributed by atoms with Crippen LogP contribution in [0.15, 0.2) is 12.2 Å². The van der Waals surface area contributed by atoms with Gasteiger partial charge in [0.15, 0.2) is 0 Å². The van der Waals surface area contributed by atoms with Crippen molar-refractivity contribution in [1.82, 2.24) is 0 Å². The van der Waals surface area contributed by atoms with E-state index in [1.54, 1.807) is 0 Å². The predicted octanol–water partition coefficient (Wildman–Crippen LogP) is 2.36. The Hall–Kier alpha value is -0.300. The second kappa shape index (κ2) is 3.40. The Morgan fingerprint density at radius 3 is 2.55 bits per heavy atom. The minimum absolute atomic E-state index is 0.128. The van der Waals surface area contributed by atoms with Gasteiger partial charge in [0.05, 0.1) is 6.10 Å². The Morgan fingerprint density at radius 1 is 1.45 bits per heavy atom. The Labute approximate surface area is 69.1 Å². The summed E-state index contributed by atoms with van der Waals surface area (Å²) >= 11 is 0. The van der Waals surface area contributed by atoms with Crippen molar-refractivity contribution in [2.45, 2.75) is 39.2 Å². The molecule has 3 atom stereocenters. The summed E-state index contributed by atoms with van der Waals surface area (Å²) in [5.74, 6) is 1.06. The highest BCUT2D eigenvalue weighted by Crippen LogP contribution is 2.32. The maximum Gasteiger partial charge on any atom is 0.0607 e. The van der Waals surface area contributed by atoms with Crippen molar-refractivity contribution >= 4 is 0 Å². The summed E-state index contributed by atoms with van der Waals surface area (Å²) in [4.78, 5) is 0. The van der Waals surface area contributed by atoms with Crippen LogP contribution >= 0.6 is 0 Å². The van der Waals surface area contributed by atoms with Crippen molar-refractivity contribution < 1.29 is 5.11 Å². The molecular formula is C10H18O. The van der Waals surface area contributed by atoms with Crippen LogP contribution in [0.3, 0.4) is 0 Å². The molecule has 0 bridgehead atoms. The molecule has 1 aliphatic rings. The lowest BCUT2D eigenvalue weighted by Gasteiger charge is -2.31. The summed E-state index contributed by atoms with van der Waals surface area (Å²) in [6, 6.07) is 0. The standard InChI is InChI=1S/C10H18O/c1-7(2)9-5-4-8(3)6-10(9)11/h8-11H,1,4-6H2,2-3H3/t8?,9-,10?/m0/s1. The van der Waals surface area contributed by atoms with Crippen LogP contribution in [0.2, 0.25) is 0 Å². The first-order valence-electron chi connectivity index (χ1n) is 4.44. The zero-order valence-electron chi connectivity index (χ0n) is 7.51. The lowest BCUT2D eigenvalue weighted by atomic mass is 9.78. The van der Waals surface area contributed by atoms with Gasteiger partial charge in [-0.05, 0) is 32.1 Å². The summed E-state index contributed by atoms with van der Waals surface area (Å²) in [5, 5.41) is 9.65. The summed E-state index contributed by atoms with van der Waals surface area (Å²) < 4.78 is 0. The molecule has 64 valence electrons. The zero-order valence-corrected chi connectivity index (χ0v) is 7.51. The number of aliphatic hydroxyl groups is 1. The lowest BCUT2D eigenvalue weighted by molar-refractivity contribution is 0.0656. The third kappa shape index (κ3) is 2.06. The van der Waals surface area contributed by atoms with Crippen LogP contribution in [0.25, 0.3) is 0 Å². The third-order valence-corrected chi connectivity index (χ3v) is 2.71. The van der Waals surface area contributed by atoms with Crippen molar-refractivity contribution in [3.63, 3.8) is 0 Å². The van der Waals surface area contributed by atoms with E-state index >= 15 is 0 Å². The highest BCUT2D eigenvalue weighted by atomic mass is 16.3. The molecule has 0 aromatic carbocycles. The van der Waals surface area contributed by atoms with Gasteiger partial charge in [0.1, 0.15) is 0 Å². The fraction of sp³-hybridized carbons (Fsp3) is 0.800. The Bertz CT molecular complexity index is 151. The highest BCUT2D eigenvalue weighted by molar-refractivity contribution is 5.01. The van der Waals surface area contributed by atoms with E-state index in [-0.39, 0.29) is 6.10 Å². The third-order valence-electron chi connectivity index (χ3n) is 2.71. The van der Waals surface area contributed by atoms with E-state index in [1.807, 2.05) is 6.92 Å². The number of rotatable bonds is 1. The smallest absolute Gasteiger partial charge is 0.0607 e. The largest absolute Gasteiger partial charge is 0.392 e. The Balaban J connectivity index is 2.50. The van der Waals surface area contributed by atoms with Gasteiger partial charge in [-0.25, -0.2) is 0 Å². The average molecular weight is 154 g/mol. The molecule has 0 aromatic rings. The van der Waals surface area contributed by atoms with Gasteiger partial charge in [0, 0.05) is 5.92 Å². The van der Waals surface area contributed by atoms with Crippen molar-refractivity contribution in [3.05, 3.63) is 12.2 Å². The first-order valence-corrected chi connectivity index (χ1v) is 4.44. The van der Waals surface area contributed by atoms with E-state index in [2.05, 4.69) is 13.5 Å². The molecule has 2 unspecified atom stereocenters. The van der Waals surface area contributed by atoms with Gasteiger partial charge in [-0.2, -0.15) is 0 Å². The van der Waals surface area contributed by atoms with Crippen molar-refractivity contribution in [2.24, 2.45) is 11.8 Å². The van der Waals surface area contributed by atoms with Gasteiger partial charge in [-0.3, -0.25) is 0 Å². The fourth-order valence-electron chi connectivity index (χ4n) is 1.93. The van der Waals surface area contributed by atoms with Gasteiger partial charge >= 0.3 is 0 Å². The molecule has 0 radical (unpaired) electrons. The Kier molecular flexibility index (Phi) is 2.72. The van der Waals surface area contributed by atoms with Crippen LogP contribution in [-0.4, -0.2) is 11.2 Å². The van der Waals surface area contributed by atoms with E-state index in [1.165, 1.54) is 6.42 Å². The van der Waals surface area contributed by atoms with Crippen LogP contribution < -0.4 is 0 Å². The molecule has 1 aliphatic carbocycles. The van der Waals surface area contributed by atoms with Crippen LogP contribution in [0.4, 0.5) is 0 Å². The topological polar surface area (TPSA) is 20.2 Å². The highest BCUT2D eigenvalue weighted by Gasteiger charge is 2.26. The fourth-order valence-corrected chi connectivity index (χ4v) is 1.93. The quantitative estimate of drug-likeness (QED) is 0.575. The Morgan fingerprint density at radius 2 is 2.09 bits per heavy atom. The van der Waals surface area contributed by atoms with Crippen molar-refractivity contribution in [1.29, 1.82) is 0 Å². The zero-order chi connectivity index (χ0) is 8.43. The molecule has 1 nitrogen and oxygen atoms in total. The van der Waals surface area contributed by atoms with Crippen LogP contribution in [-0.2, 0) is 0 Å². The molecule has 1 fully saturated rings. The van der Waals surface area contributed by atoms with Gasteiger partial charge < -0.3 is 5.11 Å². The van der Waals surface area contributed by atoms with E-state index in [4.69, 9.17) is 0 Å². The molecule has 0 spiro atoms. The van der Waals surface area contributed by atoms with Crippen LogP contribution in [0.1, 0.15) is 33.1 Å². The summed E-state index contributed by atoms with van der Waals surface area (Å²) in [6.45, 7) is 8.12. The molecular weight excluding hydrogens is 136 g/mol. The van der Waals surface area contributed by atoms with Gasteiger partial charge in [0.2, 0.25) is 0 Å². The average Bonchev–Trinajstić information content (AvgIpc) is 1.85. The van der Waals surface area contributed by atoms with Gasteiger partial charge in [-0.15, -0.1) is 0 Å². The van der Waals surface area contributed by atoms with Crippen molar-refractivity contribution in [3.8, 4) is 0 Å². The second-order valence-electron chi connectivity index (χ2n) is 3.94. The van der Waals surface area contributed by atoms with Gasteiger partial charge in [-0.1, -0.05) is 19.1 Å². The molecule has 1 rings (SSSR count). The van der Waals surface area contributed by atoms with Gasteiger partial charge in [0.25, 0.3) is 0 Å². The van der Waals surface area contributed by atoms with Crippen LogP contribution in [0, 0.1) is 11.8 Å². The first kappa shape index (κ1) is 8.79. The van der Waals surface area contributed by atoms with E-state index in [0.717, 1.165) is 18.4 Å². The summed E-state index contributed by atoms with van der Waals surface area (Å²) in [6.07, 6.45) is 3.19. The first-order chi connectivity index (χ1) is 5.11. The number of hydrogen-bond acceptors (Lipinski definition) is 1. The van der Waals surface area contributed by atoms with E-state index in [9.17, 15) is 5.11 Å². The molecule has 0 aromatic heterocycles. The maximum atomic E-state index is 9.65. The molecule has 0 amide bonds. The SMILES string of the molecule is C=C(C)[C@@H]1CCC(C)CC1O. The molecule has 1 saturated carbocycles. The molecule has 11 heavy (non-hydrogen) atoms. The minimum atomic E-state index is -0.128. The number of aliphatic hydroxyl groups excluding tert-OH is 1. The summed E-state index contributed by atoms with van der Waals surface area (Å²) in [7, 11) is 0. The second-order valence-corrected chi connectivity index (χ2v) is 3.94. The van der Waals surface area contributed by atoms with Crippen molar-refractivity contribution in [2.75, 3.05) is 0 Å². The predicted molar refractivity (Wildman–Crippen MR) is 47.3 cm³/mol. The normalized spacial score (nSPS) is 38.6. The molecule has 1 N–H and O–H groups in total. The van der Waals surface area contributed by atoms with Crippen LogP contribution in [0.5, 0.6) is 0 Å². The molecule has 1 heteroatoms. The molecule has 0 heterocycles.